The molecule has 0 heterocycles. The standard InChI is InChI=1S/C16H19N3O4S/c1-4-12-7-10(2)5-6-15(12)24(22,23)16-9-14(19(20)21)13(18-17)8-11(16)3/h5-9,18H,4,17H2,1-3H3. The zero-order valence-electron chi connectivity index (χ0n) is 13.7. The van der Waals surface area contributed by atoms with Gasteiger partial charge in [-0.05, 0) is 43.5 Å². The average molecular weight is 349 g/mol. The fourth-order valence-electron chi connectivity index (χ4n) is 2.60. The Balaban J connectivity index is 2.75. The van der Waals surface area contributed by atoms with Crippen LogP contribution in [0.25, 0.3) is 0 Å². The highest BCUT2D eigenvalue weighted by atomic mass is 32.2. The Morgan fingerprint density at radius 1 is 1.17 bits per heavy atom. The van der Waals surface area contributed by atoms with Crippen LogP contribution in [0.3, 0.4) is 0 Å². The topological polar surface area (TPSA) is 115 Å². The second-order valence-corrected chi connectivity index (χ2v) is 7.39. The zero-order chi connectivity index (χ0) is 18.1. The Morgan fingerprint density at radius 3 is 2.38 bits per heavy atom. The number of benzene rings is 2. The molecule has 0 aliphatic rings. The van der Waals surface area contributed by atoms with E-state index in [1.165, 1.54) is 6.07 Å². The molecule has 0 fully saturated rings. The van der Waals surface area contributed by atoms with Crippen molar-refractivity contribution in [1.82, 2.24) is 0 Å². The summed E-state index contributed by atoms with van der Waals surface area (Å²) in [5.74, 6) is 5.29. The summed E-state index contributed by atoms with van der Waals surface area (Å²) in [5.41, 5.74) is 3.93. The third kappa shape index (κ3) is 3.10. The summed E-state index contributed by atoms with van der Waals surface area (Å²) in [4.78, 5) is 10.6. The third-order valence-corrected chi connectivity index (χ3v) is 5.82. The van der Waals surface area contributed by atoms with Crippen molar-refractivity contribution in [3.05, 3.63) is 57.1 Å². The van der Waals surface area contributed by atoms with Crippen LogP contribution in [-0.2, 0) is 16.3 Å². The molecule has 2 aromatic rings. The number of aryl methyl sites for hydroxylation is 3. The van der Waals surface area contributed by atoms with Crippen molar-refractivity contribution in [2.24, 2.45) is 5.84 Å². The Bertz CT molecular complexity index is 908. The van der Waals surface area contributed by atoms with Gasteiger partial charge in [0.15, 0.2) is 0 Å². The molecular weight excluding hydrogens is 330 g/mol. The molecule has 2 aromatic carbocycles. The Kier molecular flexibility index (Phi) is 4.91. The van der Waals surface area contributed by atoms with Crippen LogP contribution >= 0.6 is 0 Å². The van der Waals surface area contributed by atoms with Crippen molar-refractivity contribution in [1.29, 1.82) is 0 Å². The van der Waals surface area contributed by atoms with Gasteiger partial charge in [0.25, 0.3) is 5.69 Å². The molecule has 0 saturated heterocycles. The first kappa shape index (κ1) is 17.9. The highest BCUT2D eigenvalue weighted by Crippen LogP contribution is 2.34. The van der Waals surface area contributed by atoms with Gasteiger partial charge in [-0.2, -0.15) is 0 Å². The smallest absolute Gasteiger partial charge is 0.294 e. The van der Waals surface area contributed by atoms with Crippen LogP contribution in [0.1, 0.15) is 23.6 Å². The summed E-state index contributed by atoms with van der Waals surface area (Å²) in [6.07, 6.45) is 0.541. The molecule has 0 aliphatic carbocycles. The fraction of sp³-hybridized carbons (Fsp3) is 0.250. The molecule has 128 valence electrons. The maximum absolute atomic E-state index is 13.0. The molecule has 0 saturated carbocycles. The molecular formula is C16H19N3O4S. The van der Waals surface area contributed by atoms with Gasteiger partial charge in [-0.25, -0.2) is 8.42 Å². The van der Waals surface area contributed by atoms with Gasteiger partial charge < -0.3 is 5.43 Å². The Hall–Kier alpha value is -2.45. The normalized spacial score (nSPS) is 11.3. The zero-order valence-corrected chi connectivity index (χ0v) is 14.5. The number of nitro groups is 1. The first-order valence-corrected chi connectivity index (χ1v) is 8.81. The number of rotatable bonds is 5. The van der Waals surface area contributed by atoms with Gasteiger partial charge in [-0.1, -0.05) is 24.6 Å². The van der Waals surface area contributed by atoms with E-state index < -0.39 is 14.8 Å². The van der Waals surface area contributed by atoms with Gasteiger partial charge in [0.1, 0.15) is 5.69 Å². The maximum Gasteiger partial charge on any atom is 0.294 e. The molecule has 0 aliphatic heterocycles. The second kappa shape index (κ2) is 6.58. The predicted molar refractivity (Wildman–Crippen MR) is 91.7 cm³/mol. The third-order valence-electron chi connectivity index (χ3n) is 3.82. The van der Waals surface area contributed by atoms with Crippen LogP contribution in [0.5, 0.6) is 0 Å². The van der Waals surface area contributed by atoms with E-state index in [0.717, 1.165) is 11.6 Å². The lowest BCUT2D eigenvalue weighted by Crippen LogP contribution is -2.12. The van der Waals surface area contributed by atoms with Crippen molar-refractivity contribution >= 4 is 21.2 Å². The number of hydrogen-bond acceptors (Lipinski definition) is 6. The lowest BCUT2D eigenvalue weighted by molar-refractivity contribution is -0.384. The van der Waals surface area contributed by atoms with E-state index in [-0.39, 0.29) is 21.2 Å². The largest absolute Gasteiger partial charge is 0.318 e. The number of hydrazine groups is 1. The van der Waals surface area contributed by atoms with E-state index in [9.17, 15) is 18.5 Å². The number of sulfone groups is 1. The van der Waals surface area contributed by atoms with Gasteiger partial charge in [-0.3, -0.25) is 16.0 Å². The van der Waals surface area contributed by atoms with Crippen molar-refractivity contribution in [3.63, 3.8) is 0 Å². The molecule has 0 spiro atoms. The van der Waals surface area contributed by atoms with Crippen molar-refractivity contribution < 1.29 is 13.3 Å². The van der Waals surface area contributed by atoms with Gasteiger partial charge >= 0.3 is 0 Å². The molecule has 8 heteroatoms. The first-order chi connectivity index (χ1) is 11.2. The summed E-state index contributed by atoms with van der Waals surface area (Å²) < 4.78 is 26.1. The molecule has 0 aromatic heterocycles. The van der Waals surface area contributed by atoms with Crippen LogP contribution in [0.4, 0.5) is 11.4 Å². The SMILES string of the molecule is CCc1cc(C)ccc1S(=O)(=O)c1cc([N+](=O)[O-])c(NN)cc1C. The average Bonchev–Trinajstić information content (AvgIpc) is 2.53. The second-order valence-electron chi connectivity index (χ2n) is 5.50. The lowest BCUT2D eigenvalue weighted by atomic mass is 10.1. The molecule has 3 N–H and O–H groups in total. The number of nitrogens with one attached hydrogen (secondary N) is 1. The highest BCUT2D eigenvalue weighted by molar-refractivity contribution is 7.91. The monoisotopic (exact) mass is 349 g/mol. The molecule has 0 atom stereocenters. The molecule has 0 unspecified atom stereocenters. The Labute approximate surface area is 140 Å². The molecule has 0 bridgehead atoms. The molecule has 7 nitrogen and oxygen atoms in total. The minimum Gasteiger partial charge on any atom is -0.318 e. The maximum atomic E-state index is 13.0. The van der Waals surface area contributed by atoms with Gasteiger partial charge in [0, 0.05) is 6.07 Å². The van der Waals surface area contributed by atoms with E-state index in [0.29, 0.717) is 17.5 Å². The van der Waals surface area contributed by atoms with E-state index in [1.807, 2.05) is 19.9 Å². The quantitative estimate of drug-likeness (QED) is 0.487. The van der Waals surface area contributed by atoms with Gasteiger partial charge in [0.05, 0.1) is 14.7 Å². The first-order valence-electron chi connectivity index (χ1n) is 7.32. The number of nitrogens with zero attached hydrogens (tertiary/aromatic N) is 1. The molecule has 24 heavy (non-hydrogen) atoms. The molecule has 0 radical (unpaired) electrons. The van der Waals surface area contributed by atoms with Gasteiger partial charge in [0.2, 0.25) is 9.84 Å². The van der Waals surface area contributed by atoms with Crippen LogP contribution in [0.15, 0.2) is 40.1 Å². The van der Waals surface area contributed by atoms with Crippen LogP contribution in [0, 0.1) is 24.0 Å². The van der Waals surface area contributed by atoms with Crippen molar-refractivity contribution in [3.8, 4) is 0 Å². The fourth-order valence-corrected chi connectivity index (χ4v) is 4.38. The summed E-state index contributed by atoms with van der Waals surface area (Å²) in [6, 6.07) is 7.49. The molecule has 0 amide bonds. The van der Waals surface area contributed by atoms with Crippen LogP contribution in [-0.4, -0.2) is 13.3 Å². The van der Waals surface area contributed by atoms with Crippen molar-refractivity contribution in [2.45, 2.75) is 37.0 Å². The Morgan fingerprint density at radius 2 is 1.83 bits per heavy atom. The number of hydrogen-bond donors (Lipinski definition) is 2. The van der Waals surface area contributed by atoms with Gasteiger partial charge in [-0.15, -0.1) is 0 Å². The van der Waals surface area contributed by atoms with E-state index in [1.54, 1.807) is 19.1 Å². The summed E-state index contributed by atoms with van der Waals surface area (Å²) >= 11 is 0. The van der Waals surface area contributed by atoms with E-state index in [4.69, 9.17) is 5.84 Å². The minimum atomic E-state index is -3.88. The van der Waals surface area contributed by atoms with E-state index >= 15 is 0 Å². The summed E-state index contributed by atoms with van der Waals surface area (Å²) in [5, 5.41) is 11.2. The minimum absolute atomic E-state index is 0.0658. The summed E-state index contributed by atoms with van der Waals surface area (Å²) in [7, 11) is -3.88. The van der Waals surface area contributed by atoms with E-state index in [2.05, 4.69) is 5.43 Å². The number of nitro benzene ring substituents is 1. The lowest BCUT2D eigenvalue weighted by Gasteiger charge is -2.13. The number of nitrogens with two attached hydrogens (primary N) is 1. The van der Waals surface area contributed by atoms with Crippen LogP contribution in [0.2, 0.25) is 0 Å². The predicted octanol–water partition coefficient (Wildman–Crippen LogP) is 2.89. The van der Waals surface area contributed by atoms with Crippen molar-refractivity contribution in [2.75, 3.05) is 5.43 Å². The summed E-state index contributed by atoms with van der Waals surface area (Å²) in [6.45, 7) is 5.33. The number of anilines is 1. The molecule has 2 rings (SSSR count). The highest BCUT2D eigenvalue weighted by Gasteiger charge is 2.27. The number of nitrogen functional groups attached to an aromatic ring is 1. The van der Waals surface area contributed by atoms with Crippen LogP contribution < -0.4 is 11.3 Å².